The summed E-state index contributed by atoms with van der Waals surface area (Å²) in [5.41, 5.74) is 0. The highest BCUT2D eigenvalue weighted by Gasteiger charge is 2.40. The first-order chi connectivity index (χ1) is 11.2. The number of ether oxygens (including phenoxy) is 2. The molecular formula is C18H34O5. The molecule has 0 saturated carbocycles. The van der Waals surface area contributed by atoms with Crippen molar-refractivity contribution in [3.8, 4) is 0 Å². The zero-order valence-electron chi connectivity index (χ0n) is 14.4. The van der Waals surface area contributed by atoms with Crippen molar-refractivity contribution in [1.29, 1.82) is 0 Å². The molecule has 0 aromatic rings. The molecule has 136 valence electrons. The number of rotatable bonds is 13. The number of unbranched alkanes of at least 4 members (excludes halogenated alkanes) is 6. The van der Waals surface area contributed by atoms with Crippen LogP contribution in [0.4, 0.5) is 0 Å². The maximum atomic E-state index is 9.98. The molecule has 0 unspecified atom stereocenters. The molecule has 1 aliphatic heterocycles. The van der Waals surface area contributed by atoms with Gasteiger partial charge in [0.1, 0.15) is 24.4 Å². The van der Waals surface area contributed by atoms with Gasteiger partial charge in [0.2, 0.25) is 0 Å². The Morgan fingerprint density at radius 1 is 1.13 bits per heavy atom. The standard InChI is InChI=1S/C18H34O5/c1-2-3-4-5-6-7-8-9-10-11-12-22-16-14-23-18(17(16)21)15(20)13-19/h6-7,15-21H,2-5,8-14H2,1H3/b7-6+/t15-,16+,17+,18+/m0/s1. The molecule has 0 bridgehead atoms. The maximum Gasteiger partial charge on any atom is 0.114 e. The number of aliphatic hydroxyl groups is 3. The summed E-state index contributed by atoms with van der Waals surface area (Å²) in [4.78, 5) is 0. The first-order valence-electron chi connectivity index (χ1n) is 9.05. The van der Waals surface area contributed by atoms with Gasteiger partial charge in [0.05, 0.1) is 13.2 Å². The fraction of sp³-hybridized carbons (Fsp3) is 0.889. The van der Waals surface area contributed by atoms with Gasteiger partial charge in [0.25, 0.3) is 0 Å². The van der Waals surface area contributed by atoms with Gasteiger partial charge in [0, 0.05) is 6.61 Å². The molecule has 0 aliphatic carbocycles. The van der Waals surface area contributed by atoms with E-state index in [4.69, 9.17) is 14.6 Å². The van der Waals surface area contributed by atoms with Crippen molar-refractivity contribution in [2.75, 3.05) is 19.8 Å². The summed E-state index contributed by atoms with van der Waals surface area (Å²) in [5.74, 6) is 0. The predicted molar refractivity (Wildman–Crippen MR) is 90.3 cm³/mol. The van der Waals surface area contributed by atoms with E-state index in [0.717, 1.165) is 25.7 Å². The second-order valence-corrected chi connectivity index (χ2v) is 6.26. The topological polar surface area (TPSA) is 79.2 Å². The summed E-state index contributed by atoms with van der Waals surface area (Å²) in [5, 5.41) is 28.4. The van der Waals surface area contributed by atoms with Gasteiger partial charge in [-0.2, -0.15) is 0 Å². The highest BCUT2D eigenvalue weighted by Crippen LogP contribution is 2.20. The number of allylic oxidation sites excluding steroid dienone is 2. The third kappa shape index (κ3) is 8.27. The van der Waals surface area contributed by atoms with Crippen LogP contribution in [0.25, 0.3) is 0 Å². The molecule has 0 radical (unpaired) electrons. The lowest BCUT2D eigenvalue weighted by atomic mass is 10.1. The minimum atomic E-state index is -1.05. The highest BCUT2D eigenvalue weighted by molar-refractivity contribution is 4.88. The Balaban J connectivity index is 1.97. The van der Waals surface area contributed by atoms with Crippen LogP contribution < -0.4 is 0 Å². The molecule has 0 aromatic heterocycles. The zero-order chi connectivity index (χ0) is 16.9. The van der Waals surface area contributed by atoms with Gasteiger partial charge in [0.15, 0.2) is 0 Å². The van der Waals surface area contributed by atoms with E-state index in [1.165, 1.54) is 25.7 Å². The Bertz CT molecular complexity index is 308. The van der Waals surface area contributed by atoms with Gasteiger partial charge in [-0.1, -0.05) is 38.3 Å². The van der Waals surface area contributed by atoms with Crippen LogP contribution in [0.2, 0.25) is 0 Å². The number of hydrogen-bond acceptors (Lipinski definition) is 5. The molecular weight excluding hydrogens is 296 g/mol. The highest BCUT2D eigenvalue weighted by atomic mass is 16.6. The maximum absolute atomic E-state index is 9.98. The first-order valence-corrected chi connectivity index (χ1v) is 9.05. The van der Waals surface area contributed by atoms with Crippen molar-refractivity contribution in [2.24, 2.45) is 0 Å². The average molecular weight is 330 g/mol. The largest absolute Gasteiger partial charge is 0.394 e. The Labute approximate surface area is 140 Å². The van der Waals surface area contributed by atoms with Gasteiger partial charge in [-0.3, -0.25) is 0 Å². The second kappa shape index (κ2) is 12.9. The van der Waals surface area contributed by atoms with Gasteiger partial charge in [-0.05, 0) is 32.1 Å². The second-order valence-electron chi connectivity index (χ2n) is 6.26. The fourth-order valence-electron chi connectivity index (χ4n) is 2.73. The fourth-order valence-corrected chi connectivity index (χ4v) is 2.73. The third-order valence-electron chi connectivity index (χ3n) is 4.22. The number of hydrogen-bond donors (Lipinski definition) is 3. The van der Waals surface area contributed by atoms with Crippen LogP contribution in [0.1, 0.15) is 58.3 Å². The van der Waals surface area contributed by atoms with Crippen LogP contribution in [0.5, 0.6) is 0 Å². The zero-order valence-corrected chi connectivity index (χ0v) is 14.4. The lowest BCUT2D eigenvalue weighted by Gasteiger charge is -2.20. The summed E-state index contributed by atoms with van der Waals surface area (Å²) in [6, 6.07) is 0. The van der Waals surface area contributed by atoms with E-state index in [1.807, 2.05) is 0 Å². The van der Waals surface area contributed by atoms with E-state index in [9.17, 15) is 10.2 Å². The van der Waals surface area contributed by atoms with E-state index in [2.05, 4.69) is 19.1 Å². The van der Waals surface area contributed by atoms with Crippen LogP contribution in [-0.4, -0.2) is 59.6 Å². The van der Waals surface area contributed by atoms with Crippen molar-refractivity contribution >= 4 is 0 Å². The van der Waals surface area contributed by atoms with Crippen LogP contribution in [0, 0.1) is 0 Å². The van der Waals surface area contributed by atoms with E-state index in [0.29, 0.717) is 6.61 Å². The minimum absolute atomic E-state index is 0.267. The molecule has 1 fully saturated rings. The van der Waals surface area contributed by atoms with Crippen molar-refractivity contribution in [3.63, 3.8) is 0 Å². The van der Waals surface area contributed by atoms with Gasteiger partial charge in [-0.25, -0.2) is 0 Å². The van der Waals surface area contributed by atoms with E-state index in [-0.39, 0.29) is 6.61 Å². The molecule has 5 heteroatoms. The lowest BCUT2D eigenvalue weighted by Crippen LogP contribution is -2.41. The van der Waals surface area contributed by atoms with Crippen molar-refractivity contribution in [3.05, 3.63) is 12.2 Å². The molecule has 1 saturated heterocycles. The van der Waals surface area contributed by atoms with Crippen LogP contribution in [-0.2, 0) is 9.47 Å². The summed E-state index contributed by atoms with van der Waals surface area (Å²) in [6.45, 7) is 2.66. The third-order valence-corrected chi connectivity index (χ3v) is 4.22. The van der Waals surface area contributed by atoms with Crippen LogP contribution in [0.15, 0.2) is 12.2 Å². The molecule has 5 nitrogen and oxygen atoms in total. The Morgan fingerprint density at radius 3 is 2.48 bits per heavy atom. The summed E-state index contributed by atoms with van der Waals surface area (Å²) >= 11 is 0. The molecule has 1 rings (SSSR count). The normalized spacial score (nSPS) is 26.2. The minimum Gasteiger partial charge on any atom is -0.394 e. The van der Waals surface area contributed by atoms with E-state index in [1.54, 1.807) is 0 Å². The molecule has 23 heavy (non-hydrogen) atoms. The molecule has 4 atom stereocenters. The summed E-state index contributed by atoms with van der Waals surface area (Å²) in [7, 11) is 0. The number of aliphatic hydroxyl groups excluding tert-OH is 3. The lowest BCUT2D eigenvalue weighted by molar-refractivity contribution is -0.0730. The smallest absolute Gasteiger partial charge is 0.114 e. The average Bonchev–Trinajstić information content (AvgIpc) is 2.93. The molecule has 0 spiro atoms. The summed E-state index contributed by atoms with van der Waals surface area (Å²) < 4.78 is 10.9. The monoisotopic (exact) mass is 330 g/mol. The van der Waals surface area contributed by atoms with Crippen molar-refractivity contribution in [2.45, 2.75) is 82.7 Å². The van der Waals surface area contributed by atoms with Gasteiger partial charge in [-0.15, -0.1) is 0 Å². The Hall–Kier alpha value is -0.460. The van der Waals surface area contributed by atoms with Gasteiger partial charge >= 0.3 is 0 Å². The van der Waals surface area contributed by atoms with Crippen LogP contribution >= 0.6 is 0 Å². The molecule has 1 heterocycles. The first kappa shape index (κ1) is 20.6. The molecule has 3 N–H and O–H groups in total. The molecule has 0 aromatic carbocycles. The van der Waals surface area contributed by atoms with Gasteiger partial charge < -0.3 is 24.8 Å². The predicted octanol–water partition coefficient (Wildman–Crippen LogP) is 2.18. The molecule has 0 amide bonds. The quantitative estimate of drug-likeness (QED) is 0.356. The summed E-state index contributed by atoms with van der Waals surface area (Å²) in [6.07, 6.45) is 10.9. The Morgan fingerprint density at radius 2 is 1.83 bits per heavy atom. The SMILES string of the molecule is CCCCC/C=C/CCCCCO[C@@H]1CO[C@H]([C@@H](O)CO)[C@@H]1O. The van der Waals surface area contributed by atoms with Crippen LogP contribution in [0.3, 0.4) is 0 Å². The van der Waals surface area contributed by atoms with Crippen molar-refractivity contribution in [1.82, 2.24) is 0 Å². The van der Waals surface area contributed by atoms with E-state index >= 15 is 0 Å². The van der Waals surface area contributed by atoms with E-state index < -0.39 is 31.0 Å². The molecule has 1 aliphatic rings. The Kier molecular flexibility index (Phi) is 11.5. The van der Waals surface area contributed by atoms with Crippen molar-refractivity contribution < 1.29 is 24.8 Å².